The van der Waals surface area contributed by atoms with Gasteiger partial charge in [-0.3, -0.25) is 0 Å². The third kappa shape index (κ3) is 5.02. The molecular weight excluding hydrogens is 377 g/mol. The van der Waals surface area contributed by atoms with Gasteiger partial charge in [0.25, 0.3) is 0 Å². The third-order valence-corrected chi connectivity index (χ3v) is 4.18. The molecule has 1 aromatic carbocycles. The molecule has 1 saturated heterocycles. The van der Waals surface area contributed by atoms with Gasteiger partial charge in [-0.15, -0.1) is 0 Å². The maximum absolute atomic E-state index is 12.8. The maximum atomic E-state index is 12.8. The molecule has 150 valence electrons. The van der Waals surface area contributed by atoms with Crippen molar-refractivity contribution in [3.8, 4) is 11.9 Å². The van der Waals surface area contributed by atoms with Crippen molar-refractivity contribution < 1.29 is 27.4 Å². The Balaban J connectivity index is 1.61. The standard InChI is InChI=1S/C18H19F3N4O3/c1-27-16-22-8-7-15(24-16)28-14-6-3-9-25(11-14)17(26)23-13-5-2-4-12(10-13)18(19,20)21/h2,4-5,7-8,10,14H,3,6,9,11H2,1H3,(H,23,26). The number of likely N-dealkylation sites (tertiary alicyclic amines) is 1. The summed E-state index contributed by atoms with van der Waals surface area (Å²) in [6, 6.07) is 5.81. The number of alkyl halides is 3. The Labute approximate surface area is 159 Å². The number of methoxy groups -OCH3 is 1. The van der Waals surface area contributed by atoms with Crippen LogP contribution in [-0.4, -0.2) is 47.2 Å². The molecule has 0 radical (unpaired) electrons. The fourth-order valence-corrected chi connectivity index (χ4v) is 2.85. The van der Waals surface area contributed by atoms with E-state index in [1.54, 1.807) is 6.07 Å². The summed E-state index contributed by atoms with van der Waals surface area (Å²) in [7, 11) is 1.44. The Morgan fingerprint density at radius 2 is 2.14 bits per heavy atom. The van der Waals surface area contributed by atoms with E-state index in [0.29, 0.717) is 18.8 Å². The molecule has 7 nitrogen and oxygen atoms in total. The zero-order valence-electron chi connectivity index (χ0n) is 15.1. The highest BCUT2D eigenvalue weighted by atomic mass is 19.4. The van der Waals surface area contributed by atoms with Crippen LogP contribution < -0.4 is 14.8 Å². The van der Waals surface area contributed by atoms with Crippen LogP contribution in [0.1, 0.15) is 18.4 Å². The van der Waals surface area contributed by atoms with Crippen LogP contribution in [0.25, 0.3) is 0 Å². The zero-order valence-corrected chi connectivity index (χ0v) is 15.1. The molecule has 1 aromatic heterocycles. The predicted molar refractivity (Wildman–Crippen MR) is 94.3 cm³/mol. The average molecular weight is 396 g/mol. The Kier molecular flexibility index (Phi) is 5.86. The number of hydrogen-bond donors (Lipinski definition) is 1. The van der Waals surface area contributed by atoms with Crippen LogP contribution >= 0.6 is 0 Å². The lowest BCUT2D eigenvalue weighted by atomic mass is 10.1. The number of piperidine rings is 1. The van der Waals surface area contributed by atoms with Crippen LogP contribution in [0.5, 0.6) is 11.9 Å². The van der Waals surface area contributed by atoms with Crippen molar-refractivity contribution in [1.82, 2.24) is 14.9 Å². The summed E-state index contributed by atoms with van der Waals surface area (Å²) in [4.78, 5) is 21.9. The number of amides is 2. The molecule has 0 saturated carbocycles. The lowest BCUT2D eigenvalue weighted by molar-refractivity contribution is -0.137. The number of carbonyl (C=O) groups is 1. The molecular formula is C18H19F3N4O3. The largest absolute Gasteiger partial charge is 0.472 e. The van der Waals surface area contributed by atoms with Crippen LogP contribution in [0.3, 0.4) is 0 Å². The zero-order chi connectivity index (χ0) is 20.1. The summed E-state index contributed by atoms with van der Waals surface area (Å²) in [5.41, 5.74) is -0.730. The van der Waals surface area contributed by atoms with Crippen molar-refractivity contribution in [3.05, 3.63) is 42.1 Å². The number of rotatable bonds is 4. The summed E-state index contributed by atoms with van der Waals surface area (Å²) >= 11 is 0. The van der Waals surface area contributed by atoms with Gasteiger partial charge in [0.2, 0.25) is 5.88 Å². The lowest BCUT2D eigenvalue weighted by Crippen LogP contribution is -2.46. The van der Waals surface area contributed by atoms with Gasteiger partial charge >= 0.3 is 18.2 Å². The van der Waals surface area contributed by atoms with E-state index in [2.05, 4.69) is 15.3 Å². The van der Waals surface area contributed by atoms with Crippen LogP contribution in [0.15, 0.2) is 36.5 Å². The first-order valence-electron chi connectivity index (χ1n) is 8.62. The Hall–Kier alpha value is -3.04. The van der Waals surface area contributed by atoms with E-state index in [1.165, 1.54) is 30.3 Å². The highest BCUT2D eigenvalue weighted by molar-refractivity contribution is 5.89. The molecule has 1 atom stereocenters. The van der Waals surface area contributed by atoms with E-state index in [9.17, 15) is 18.0 Å². The molecule has 1 aliphatic rings. The quantitative estimate of drug-likeness (QED) is 0.855. The molecule has 1 unspecified atom stereocenters. The molecule has 2 aromatic rings. The van der Waals surface area contributed by atoms with Crippen molar-refractivity contribution in [1.29, 1.82) is 0 Å². The fraction of sp³-hybridized carbons (Fsp3) is 0.389. The number of urea groups is 1. The third-order valence-electron chi connectivity index (χ3n) is 4.18. The summed E-state index contributed by atoms with van der Waals surface area (Å²) in [6.07, 6.45) is -1.84. The molecule has 1 aliphatic heterocycles. The molecule has 1 N–H and O–H groups in total. The van der Waals surface area contributed by atoms with Crippen LogP contribution in [-0.2, 0) is 6.18 Å². The molecule has 0 aliphatic carbocycles. The maximum Gasteiger partial charge on any atom is 0.416 e. The van der Waals surface area contributed by atoms with Gasteiger partial charge in [-0.25, -0.2) is 9.78 Å². The number of nitrogens with zero attached hydrogens (tertiary/aromatic N) is 3. The summed E-state index contributed by atoms with van der Waals surface area (Å²) in [5.74, 6) is 0.331. The van der Waals surface area contributed by atoms with E-state index in [0.717, 1.165) is 18.6 Å². The van der Waals surface area contributed by atoms with Gasteiger partial charge in [-0.05, 0) is 31.0 Å². The Bertz CT molecular complexity index is 832. The van der Waals surface area contributed by atoms with Crippen molar-refractivity contribution in [2.45, 2.75) is 25.1 Å². The van der Waals surface area contributed by atoms with E-state index < -0.39 is 17.8 Å². The van der Waals surface area contributed by atoms with Gasteiger partial charge in [0.15, 0.2) is 0 Å². The topological polar surface area (TPSA) is 76.6 Å². The number of halogens is 3. The van der Waals surface area contributed by atoms with E-state index in [4.69, 9.17) is 9.47 Å². The lowest BCUT2D eigenvalue weighted by Gasteiger charge is -2.32. The number of hydrogen-bond acceptors (Lipinski definition) is 5. The number of carbonyl (C=O) groups excluding carboxylic acids is 1. The molecule has 0 bridgehead atoms. The summed E-state index contributed by atoms with van der Waals surface area (Å²) in [5, 5.41) is 2.51. The number of ether oxygens (including phenoxy) is 2. The minimum absolute atomic E-state index is 0.0865. The molecule has 2 heterocycles. The molecule has 2 amide bonds. The minimum Gasteiger partial charge on any atom is -0.472 e. The van der Waals surface area contributed by atoms with Crippen LogP contribution in [0, 0.1) is 0 Å². The van der Waals surface area contributed by atoms with E-state index in [1.807, 2.05) is 0 Å². The van der Waals surface area contributed by atoms with Gasteiger partial charge in [0.05, 0.1) is 19.2 Å². The second kappa shape index (κ2) is 8.32. The fourth-order valence-electron chi connectivity index (χ4n) is 2.85. The van der Waals surface area contributed by atoms with Gasteiger partial charge < -0.3 is 19.7 Å². The first-order valence-corrected chi connectivity index (χ1v) is 8.62. The van der Waals surface area contributed by atoms with Crippen LogP contribution in [0.4, 0.5) is 23.7 Å². The monoisotopic (exact) mass is 396 g/mol. The predicted octanol–water partition coefficient (Wildman–Crippen LogP) is 3.58. The smallest absolute Gasteiger partial charge is 0.416 e. The number of aromatic nitrogens is 2. The van der Waals surface area contributed by atoms with Gasteiger partial charge in [0, 0.05) is 24.5 Å². The molecule has 3 rings (SSSR count). The van der Waals surface area contributed by atoms with Crippen molar-refractivity contribution in [3.63, 3.8) is 0 Å². The Morgan fingerprint density at radius 3 is 2.89 bits per heavy atom. The molecule has 0 spiro atoms. The summed E-state index contributed by atoms with van der Waals surface area (Å²) < 4.78 is 49.2. The minimum atomic E-state index is -4.47. The van der Waals surface area contributed by atoms with Crippen molar-refractivity contribution in [2.75, 3.05) is 25.5 Å². The van der Waals surface area contributed by atoms with E-state index >= 15 is 0 Å². The molecule has 1 fully saturated rings. The second-order valence-corrected chi connectivity index (χ2v) is 6.22. The second-order valence-electron chi connectivity index (χ2n) is 6.22. The van der Waals surface area contributed by atoms with Crippen molar-refractivity contribution >= 4 is 11.7 Å². The Morgan fingerprint density at radius 1 is 1.32 bits per heavy atom. The number of benzene rings is 1. The SMILES string of the molecule is COc1nccc(OC2CCCN(C(=O)Nc3cccc(C(F)(F)F)c3)C2)n1. The van der Waals surface area contributed by atoms with Gasteiger partial charge in [-0.1, -0.05) is 6.07 Å². The first kappa shape index (κ1) is 19.7. The number of anilines is 1. The van der Waals surface area contributed by atoms with Crippen molar-refractivity contribution in [2.24, 2.45) is 0 Å². The molecule has 10 heteroatoms. The normalized spacial score (nSPS) is 17.1. The van der Waals surface area contributed by atoms with Gasteiger partial charge in [0.1, 0.15) is 6.10 Å². The molecule has 28 heavy (non-hydrogen) atoms. The van der Waals surface area contributed by atoms with Crippen LogP contribution in [0.2, 0.25) is 0 Å². The van der Waals surface area contributed by atoms with E-state index in [-0.39, 0.29) is 24.3 Å². The number of nitrogens with one attached hydrogen (secondary N) is 1. The summed E-state index contributed by atoms with van der Waals surface area (Å²) in [6.45, 7) is 0.773. The highest BCUT2D eigenvalue weighted by Gasteiger charge is 2.31. The van der Waals surface area contributed by atoms with Gasteiger partial charge in [-0.2, -0.15) is 18.2 Å². The first-order chi connectivity index (χ1) is 13.3. The highest BCUT2D eigenvalue weighted by Crippen LogP contribution is 2.30. The average Bonchev–Trinajstić information content (AvgIpc) is 2.68.